The van der Waals surface area contributed by atoms with Crippen molar-refractivity contribution >= 4 is 27.6 Å². The van der Waals surface area contributed by atoms with Gasteiger partial charge in [0.2, 0.25) is 0 Å². The number of halogens is 1. The summed E-state index contributed by atoms with van der Waals surface area (Å²) in [5.74, 6) is 1.71. The summed E-state index contributed by atoms with van der Waals surface area (Å²) in [6.45, 7) is 7.31. The molecule has 0 amide bonds. The smallest absolute Gasteiger partial charge is 0.146 e. The fourth-order valence-electron chi connectivity index (χ4n) is 1.77. The first-order chi connectivity index (χ1) is 8.69. The van der Waals surface area contributed by atoms with E-state index in [1.807, 2.05) is 0 Å². The van der Waals surface area contributed by atoms with Crippen LogP contribution >= 0.6 is 15.9 Å². The van der Waals surface area contributed by atoms with Gasteiger partial charge in [-0.1, -0.05) is 26.2 Å². The van der Waals surface area contributed by atoms with Crippen molar-refractivity contribution in [2.75, 3.05) is 17.2 Å². The Kier molecular flexibility index (Phi) is 7.01. The van der Waals surface area contributed by atoms with Gasteiger partial charge in [0.15, 0.2) is 0 Å². The van der Waals surface area contributed by atoms with Crippen LogP contribution in [0.2, 0.25) is 0 Å². The van der Waals surface area contributed by atoms with Crippen molar-refractivity contribution in [3.8, 4) is 0 Å². The SMILES string of the molecule is CCCCCC(C)Nc1ncnc(NCC)c1Br. The first-order valence-corrected chi connectivity index (χ1v) is 7.49. The van der Waals surface area contributed by atoms with Gasteiger partial charge in [0.25, 0.3) is 0 Å². The summed E-state index contributed by atoms with van der Waals surface area (Å²) in [6, 6.07) is 0.428. The lowest BCUT2D eigenvalue weighted by molar-refractivity contribution is 0.613. The van der Waals surface area contributed by atoms with Gasteiger partial charge in [-0.25, -0.2) is 9.97 Å². The van der Waals surface area contributed by atoms with E-state index in [2.05, 4.69) is 57.3 Å². The molecule has 0 aromatic carbocycles. The highest BCUT2D eigenvalue weighted by molar-refractivity contribution is 9.10. The van der Waals surface area contributed by atoms with Crippen LogP contribution in [0.4, 0.5) is 11.6 Å². The normalized spacial score (nSPS) is 12.2. The van der Waals surface area contributed by atoms with E-state index in [1.165, 1.54) is 25.7 Å². The van der Waals surface area contributed by atoms with Gasteiger partial charge in [-0.3, -0.25) is 0 Å². The molecular formula is C13H23BrN4. The van der Waals surface area contributed by atoms with Crippen molar-refractivity contribution < 1.29 is 0 Å². The Balaban J connectivity index is 2.58. The van der Waals surface area contributed by atoms with E-state index in [9.17, 15) is 0 Å². The molecular weight excluding hydrogens is 292 g/mol. The second kappa shape index (κ2) is 8.29. The lowest BCUT2D eigenvalue weighted by Gasteiger charge is -2.16. The summed E-state index contributed by atoms with van der Waals surface area (Å²) in [4.78, 5) is 8.48. The first-order valence-electron chi connectivity index (χ1n) is 6.69. The zero-order valence-electron chi connectivity index (χ0n) is 11.5. The lowest BCUT2D eigenvalue weighted by atomic mass is 10.1. The molecule has 0 aliphatic carbocycles. The van der Waals surface area contributed by atoms with Gasteiger partial charge in [0, 0.05) is 12.6 Å². The minimum Gasteiger partial charge on any atom is -0.369 e. The summed E-state index contributed by atoms with van der Waals surface area (Å²) in [5, 5.41) is 6.63. The third-order valence-corrected chi connectivity index (χ3v) is 3.51. The summed E-state index contributed by atoms with van der Waals surface area (Å²) in [7, 11) is 0. The lowest BCUT2D eigenvalue weighted by Crippen LogP contribution is -2.17. The average molecular weight is 315 g/mol. The number of nitrogens with zero attached hydrogens (tertiary/aromatic N) is 2. The van der Waals surface area contributed by atoms with Crippen LogP contribution in [0.5, 0.6) is 0 Å². The minimum absolute atomic E-state index is 0.428. The van der Waals surface area contributed by atoms with Gasteiger partial charge >= 0.3 is 0 Å². The quantitative estimate of drug-likeness (QED) is 0.711. The highest BCUT2D eigenvalue weighted by Gasteiger charge is 2.10. The molecule has 0 radical (unpaired) electrons. The van der Waals surface area contributed by atoms with Gasteiger partial charge in [-0.05, 0) is 36.2 Å². The predicted octanol–water partition coefficient (Wildman–Crippen LogP) is 4.05. The molecule has 1 aromatic rings. The Hall–Kier alpha value is -0.840. The highest BCUT2D eigenvalue weighted by atomic mass is 79.9. The molecule has 0 saturated carbocycles. The molecule has 0 saturated heterocycles. The number of hydrogen-bond donors (Lipinski definition) is 2. The van der Waals surface area contributed by atoms with Crippen LogP contribution in [-0.2, 0) is 0 Å². The molecule has 5 heteroatoms. The Morgan fingerprint density at radius 1 is 1.22 bits per heavy atom. The molecule has 0 spiro atoms. The van der Waals surface area contributed by atoms with Crippen molar-refractivity contribution in [1.29, 1.82) is 0 Å². The molecule has 1 atom stereocenters. The maximum atomic E-state index is 4.28. The Bertz CT molecular complexity index is 357. The molecule has 4 nitrogen and oxygen atoms in total. The Morgan fingerprint density at radius 3 is 2.61 bits per heavy atom. The Morgan fingerprint density at radius 2 is 1.94 bits per heavy atom. The number of anilines is 2. The van der Waals surface area contributed by atoms with Gasteiger partial charge in [0.1, 0.15) is 22.4 Å². The van der Waals surface area contributed by atoms with Crippen molar-refractivity contribution in [3.05, 3.63) is 10.8 Å². The van der Waals surface area contributed by atoms with E-state index in [-0.39, 0.29) is 0 Å². The summed E-state index contributed by atoms with van der Waals surface area (Å²) in [5.41, 5.74) is 0. The molecule has 0 aliphatic heterocycles. The van der Waals surface area contributed by atoms with Gasteiger partial charge in [-0.15, -0.1) is 0 Å². The fraction of sp³-hybridized carbons (Fsp3) is 0.692. The van der Waals surface area contributed by atoms with Crippen LogP contribution in [-0.4, -0.2) is 22.6 Å². The third kappa shape index (κ3) is 4.80. The van der Waals surface area contributed by atoms with Gasteiger partial charge < -0.3 is 10.6 Å². The molecule has 2 N–H and O–H groups in total. The minimum atomic E-state index is 0.428. The van der Waals surface area contributed by atoms with E-state index >= 15 is 0 Å². The topological polar surface area (TPSA) is 49.8 Å². The fourth-order valence-corrected chi connectivity index (χ4v) is 2.23. The maximum absolute atomic E-state index is 4.28. The van der Waals surface area contributed by atoms with E-state index < -0.39 is 0 Å². The van der Waals surface area contributed by atoms with Crippen molar-refractivity contribution in [1.82, 2.24) is 9.97 Å². The van der Waals surface area contributed by atoms with Crippen LogP contribution < -0.4 is 10.6 Å². The van der Waals surface area contributed by atoms with Crippen LogP contribution in [0.3, 0.4) is 0 Å². The molecule has 0 bridgehead atoms. The molecule has 1 unspecified atom stereocenters. The van der Waals surface area contributed by atoms with Crippen LogP contribution in [0, 0.1) is 0 Å². The molecule has 1 aromatic heterocycles. The predicted molar refractivity (Wildman–Crippen MR) is 81.1 cm³/mol. The maximum Gasteiger partial charge on any atom is 0.146 e. The monoisotopic (exact) mass is 314 g/mol. The summed E-state index contributed by atoms with van der Waals surface area (Å²) >= 11 is 3.54. The number of nitrogens with one attached hydrogen (secondary N) is 2. The van der Waals surface area contributed by atoms with Gasteiger partial charge in [-0.2, -0.15) is 0 Å². The van der Waals surface area contributed by atoms with Crippen molar-refractivity contribution in [2.24, 2.45) is 0 Å². The Labute approximate surface area is 118 Å². The zero-order chi connectivity index (χ0) is 13.4. The highest BCUT2D eigenvalue weighted by Crippen LogP contribution is 2.27. The van der Waals surface area contributed by atoms with Crippen molar-refractivity contribution in [2.45, 2.75) is 52.5 Å². The molecule has 1 heterocycles. The van der Waals surface area contributed by atoms with Crippen molar-refractivity contribution in [3.63, 3.8) is 0 Å². The van der Waals surface area contributed by atoms with E-state index in [1.54, 1.807) is 6.33 Å². The molecule has 0 fully saturated rings. The van der Waals surface area contributed by atoms with Crippen LogP contribution in [0.25, 0.3) is 0 Å². The van der Waals surface area contributed by atoms with Crippen LogP contribution in [0.1, 0.15) is 46.5 Å². The molecule has 18 heavy (non-hydrogen) atoms. The van der Waals surface area contributed by atoms with E-state index in [0.717, 1.165) is 22.7 Å². The number of hydrogen-bond acceptors (Lipinski definition) is 4. The average Bonchev–Trinajstić information content (AvgIpc) is 2.35. The number of unbranched alkanes of at least 4 members (excludes halogenated alkanes) is 2. The third-order valence-electron chi connectivity index (χ3n) is 2.76. The second-order valence-corrected chi connectivity index (χ2v) is 5.25. The summed E-state index contributed by atoms with van der Waals surface area (Å²) < 4.78 is 0.911. The van der Waals surface area contributed by atoms with Gasteiger partial charge in [0.05, 0.1) is 0 Å². The zero-order valence-corrected chi connectivity index (χ0v) is 13.0. The molecule has 1 rings (SSSR count). The molecule has 0 aliphatic rings. The van der Waals surface area contributed by atoms with E-state index in [0.29, 0.717) is 6.04 Å². The van der Waals surface area contributed by atoms with E-state index in [4.69, 9.17) is 0 Å². The summed E-state index contributed by atoms with van der Waals surface area (Å²) in [6.07, 6.45) is 6.56. The molecule has 102 valence electrons. The first kappa shape index (κ1) is 15.2. The number of rotatable bonds is 8. The number of aromatic nitrogens is 2. The van der Waals surface area contributed by atoms with Crippen LogP contribution in [0.15, 0.2) is 10.8 Å². The second-order valence-electron chi connectivity index (χ2n) is 4.46. The standard InChI is InChI=1S/C13H23BrN4/c1-4-6-7-8-10(3)18-13-11(14)12(15-5-2)16-9-17-13/h9-10H,4-8H2,1-3H3,(H2,15,16,17,18). The largest absolute Gasteiger partial charge is 0.369 e.